The second-order valence-electron chi connectivity index (χ2n) is 10.3. The van der Waals surface area contributed by atoms with E-state index in [1.165, 1.54) is 12.1 Å². The summed E-state index contributed by atoms with van der Waals surface area (Å²) >= 11 is 0. The molecular formula is C29H38FN5O3. The van der Waals surface area contributed by atoms with E-state index in [0.29, 0.717) is 39.0 Å². The molecule has 0 saturated carbocycles. The third kappa shape index (κ3) is 7.17. The van der Waals surface area contributed by atoms with Crippen LogP contribution in [0.3, 0.4) is 0 Å². The van der Waals surface area contributed by atoms with Crippen molar-refractivity contribution in [1.29, 1.82) is 0 Å². The van der Waals surface area contributed by atoms with Crippen molar-refractivity contribution in [2.45, 2.75) is 63.3 Å². The van der Waals surface area contributed by atoms with Gasteiger partial charge in [0.1, 0.15) is 5.82 Å². The molecule has 9 heteroatoms. The third-order valence-electron chi connectivity index (χ3n) is 7.65. The van der Waals surface area contributed by atoms with Crippen LogP contribution in [-0.2, 0) is 27.3 Å². The zero-order valence-corrected chi connectivity index (χ0v) is 22.2. The minimum atomic E-state index is -0.377. The number of rotatable bonds is 8. The molecule has 2 aliphatic heterocycles. The van der Waals surface area contributed by atoms with Gasteiger partial charge in [-0.2, -0.15) is 0 Å². The number of nitrogens with zero attached hydrogens (tertiary/aromatic N) is 2. The highest BCUT2D eigenvalue weighted by Gasteiger charge is 2.41. The van der Waals surface area contributed by atoms with Crippen LogP contribution < -0.4 is 16.0 Å². The fourth-order valence-corrected chi connectivity index (χ4v) is 5.35. The maximum Gasteiger partial charge on any atom is 0.237 e. The van der Waals surface area contributed by atoms with Gasteiger partial charge < -0.3 is 20.9 Å². The molecule has 2 fully saturated rings. The number of carbonyl (C=O) groups excluding carboxylic acids is 3. The van der Waals surface area contributed by atoms with E-state index in [1.54, 1.807) is 26.1 Å². The molecule has 2 saturated heterocycles. The summed E-state index contributed by atoms with van der Waals surface area (Å²) in [4.78, 5) is 43.3. The first-order valence-electron chi connectivity index (χ1n) is 13.4. The van der Waals surface area contributed by atoms with Crippen LogP contribution in [0.15, 0.2) is 54.6 Å². The fraction of sp³-hybridized carbons (Fsp3) is 0.483. The molecule has 2 aromatic rings. The molecule has 4 atom stereocenters. The van der Waals surface area contributed by atoms with Crippen molar-refractivity contribution in [3.63, 3.8) is 0 Å². The lowest BCUT2D eigenvalue weighted by Gasteiger charge is -2.39. The van der Waals surface area contributed by atoms with Crippen LogP contribution in [0.5, 0.6) is 0 Å². The maximum atomic E-state index is 13.3. The van der Waals surface area contributed by atoms with Crippen LogP contribution in [0.25, 0.3) is 0 Å². The molecule has 2 aromatic carbocycles. The van der Waals surface area contributed by atoms with E-state index in [1.807, 2.05) is 35.2 Å². The van der Waals surface area contributed by atoms with Gasteiger partial charge in [-0.05, 0) is 56.5 Å². The quantitative estimate of drug-likeness (QED) is 0.491. The van der Waals surface area contributed by atoms with E-state index in [9.17, 15) is 18.8 Å². The minimum Gasteiger partial charge on any atom is -0.351 e. The number of carbonyl (C=O) groups is 3. The van der Waals surface area contributed by atoms with Gasteiger partial charge in [0.05, 0.1) is 24.5 Å². The Morgan fingerprint density at radius 1 is 0.974 bits per heavy atom. The zero-order chi connectivity index (χ0) is 27.1. The van der Waals surface area contributed by atoms with Crippen LogP contribution in [-0.4, -0.2) is 78.4 Å². The predicted molar refractivity (Wildman–Crippen MR) is 144 cm³/mol. The smallest absolute Gasteiger partial charge is 0.237 e. The molecule has 0 aliphatic carbocycles. The molecule has 2 aliphatic rings. The highest BCUT2D eigenvalue weighted by Crippen LogP contribution is 2.29. The summed E-state index contributed by atoms with van der Waals surface area (Å²) in [6.45, 7) is 3.57. The van der Waals surface area contributed by atoms with E-state index in [0.717, 1.165) is 24.0 Å². The molecule has 0 aromatic heterocycles. The Morgan fingerprint density at radius 2 is 1.71 bits per heavy atom. The molecule has 0 radical (unpaired) electrons. The van der Waals surface area contributed by atoms with Gasteiger partial charge in [-0.15, -0.1) is 0 Å². The molecule has 38 heavy (non-hydrogen) atoms. The Hall–Kier alpha value is -3.30. The highest BCUT2D eigenvalue weighted by molar-refractivity contribution is 5.83. The molecule has 4 rings (SSSR count). The second-order valence-corrected chi connectivity index (χ2v) is 10.3. The molecular weight excluding hydrogens is 485 g/mol. The van der Waals surface area contributed by atoms with Gasteiger partial charge >= 0.3 is 0 Å². The Morgan fingerprint density at radius 3 is 2.42 bits per heavy atom. The first kappa shape index (κ1) is 27.7. The van der Waals surface area contributed by atoms with Crippen molar-refractivity contribution in [3.05, 3.63) is 71.5 Å². The monoisotopic (exact) mass is 523 g/mol. The van der Waals surface area contributed by atoms with Crippen molar-refractivity contribution in [1.82, 2.24) is 25.8 Å². The lowest BCUT2D eigenvalue weighted by molar-refractivity contribution is -0.134. The average Bonchev–Trinajstić information content (AvgIpc) is 3.30. The van der Waals surface area contributed by atoms with Crippen molar-refractivity contribution in [3.8, 4) is 0 Å². The van der Waals surface area contributed by atoms with Crippen LogP contribution in [0, 0.1) is 5.82 Å². The van der Waals surface area contributed by atoms with E-state index >= 15 is 0 Å². The van der Waals surface area contributed by atoms with Crippen LogP contribution in [0.4, 0.5) is 4.39 Å². The van der Waals surface area contributed by atoms with Crippen LogP contribution in [0.2, 0.25) is 0 Å². The summed E-state index contributed by atoms with van der Waals surface area (Å²) in [6.07, 6.45) is 2.65. The molecule has 8 nitrogen and oxygen atoms in total. The molecule has 2 heterocycles. The summed E-state index contributed by atoms with van der Waals surface area (Å²) in [5, 5.41) is 9.08. The van der Waals surface area contributed by atoms with Gasteiger partial charge in [0, 0.05) is 32.2 Å². The van der Waals surface area contributed by atoms with Crippen molar-refractivity contribution >= 4 is 17.7 Å². The minimum absolute atomic E-state index is 0.0390. The summed E-state index contributed by atoms with van der Waals surface area (Å²) < 4.78 is 13.2. The Bertz CT molecular complexity index is 1100. The second kappa shape index (κ2) is 13.0. The van der Waals surface area contributed by atoms with E-state index in [-0.39, 0.29) is 47.7 Å². The van der Waals surface area contributed by atoms with Gasteiger partial charge in [-0.1, -0.05) is 42.5 Å². The van der Waals surface area contributed by atoms with E-state index in [4.69, 9.17) is 0 Å². The van der Waals surface area contributed by atoms with Gasteiger partial charge in [-0.3, -0.25) is 19.3 Å². The van der Waals surface area contributed by atoms with Gasteiger partial charge in [0.25, 0.3) is 0 Å². The number of fused-ring (bicyclic) bond motifs is 1. The molecule has 204 valence electrons. The lowest BCUT2D eigenvalue weighted by atomic mass is 10.1. The summed E-state index contributed by atoms with van der Waals surface area (Å²) in [5.41, 5.74) is 1.80. The van der Waals surface area contributed by atoms with Crippen molar-refractivity contribution < 1.29 is 18.8 Å². The Kier molecular flexibility index (Phi) is 9.47. The standard InChI is InChI=1S/C29H38FN5O3/c1-20(31-2)28(37)33-24-18-34(27(36)16-21-6-4-3-5-7-21)15-14-25-12-13-26(35(25)19-24)29(38)32-17-22-8-10-23(30)11-9-22/h3-11,20,24-26,31H,12-19H2,1-2H3,(H,32,38)(H,33,37)/t20-,24-,25+,26-/m0/s1. The summed E-state index contributed by atoms with van der Waals surface area (Å²) in [7, 11) is 1.73. The lowest BCUT2D eigenvalue weighted by Crippen LogP contribution is -2.59. The van der Waals surface area contributed by atoms with Crippen LogP contribution >= 0.6 is 0 Å². The zero-order valence-electron chi connectivity index (χ0n) is 22.2. The molecule has 0 bridgehead atoms. The average molecular weight is 524 g/mol. The summed E-state index contributed by atoms with van der Waals surface area (Å²) in [5.74, 6) is -0.474. The van der Waals surface area contributed by atoms with Crippen molar-refractivity contribution in [2.24, 2.45) is 0 Å². The SMILES string of the molecule is CN[C@@H](C)C(=O)N[C@H]1CN(C(=O)Cc2ccccc2)CC[C@H]2CC[C@@H](C(=O)NCc3ccc(F)cc3)N2C1. The molecule has 0 spiro atoms. The number of benzene rings is 2. The van der Waals surface area contributed by atoms with E-state index < -0.39 is 0 Å². The molecule has 0 unspecified atom stereocenters. The largest absolute Gasteiger partial charge is 0.351 e. The van der Waals surface area contributed by atoms with Gasteiger partial charge in [0.15, 0.2) is 0 Å². The number of halogens is 1. The van der Waals surface area contributed by atoms with Crippen molar-refractivity contribution in [2.75, 3.05) is 26.7 Å². The topological polar surface area (TPSA) is 93.8 Å². The molecule has 3 N–H and O–H groups in total. The number of amides is 3. The summed E-state index contributed by atoms with van der Waals surface area (Å²) in [6, 6.07) is 14.9. The number of hydrogen-bond donors (Lipinski definition) is 3. The normalized spacial score (nSPS) is 22.6. The first-order chi connectivity index (χ1) is 18.3. The van der Waals surface area contributed by atoms with Gasteiger partial charge in [0.2, 0.25) is 17.7 Å². The van der Waals surface area contributed by atoms with Crippen LogP contribution in [0.1, 0.15) is 37.3 Å². The Balaban J connectivity index is 1.45. The molecule has 3 amide bonds. The highest BCUT2D eigenvalue weighted by atomic mass is 19.1. The van der Waals surface area contributed by atoms with Gasteiger partial charge in [-0.25, -0.2) is 4.39 Å². The number of nitrogens with one attached hydrogen (secondary N) is 3. The maximum absolute atomic E-state index is 13.3. The number of likely N-dealkylation sites (N-methyl/N-ethyl adjacent to an activating group) is 1. The fourth-order valence-electron chi connectivity index (χ4n) is 5.35. The predicted octanol–water partition coefficient (Wildman–Crippen LogP) is 1.84. The van der Waals surface area contributed by atoms with E-state index in [2.05, 4.69) is 20.9 Å². The third-order valence-corrected chi connectivity index (χ3v) is 7.65. The Labute approximate surface area is 224 Å². The first-order valence-corrected chi connectivity index (χ1v) is 13.4. The number of hydrogen-bond acceptors (Lipinski definition) is 5.